The van der Waals surface area contributed by atoms with Crippen LogP contribution in [-0.4, -0.2) is 176 Å². The first-order valence-electron chi connectivity index (χ1n) is 37.1. The molecule has 0 saturated carbocycles. The molecule has 0 amide bonds. The molecule has 0 saturated heterocycles. The first kappa shape index (κ1) is 104. The molecule has 0 bridgehead atoms. The lowest BCUT2D eigenvalue weighted by atomic mass is 9.85. The summed E-state index contributed by atoms with van der Waals surface area (Å²) in [6.45, 7) is 35.0. The molecule has 0 aliphatic carbocycles. The van der Waals surface area contributed by atoms with E-state index < -0.39 is 11.9 Å². The van der Waals surface area contributed by atoms with Crippen molar-refractivity contribution in [3.05, 3.63) is 0 Å². The van der Waals surface area contributed by atoms with Crippen molar-refractivity contribution in [1.82, 2.24) is 0 Å². The number of carbonyl (C=O) groups excluding carboxylic acids is 4. The molecule has 0 aliphatic heterocycles. The minimum Gasteiger partial charge on any atom is -0.481 e. The molecule has 4 N–H and O–H groups in total. The molecule has 0 spiro atoms. The molecular formula is C78H152O12S8. The van der Waals surface area contributed by atoms with E-state index in [2.05, 4.69) is 107 Å². The van der Waals surface area contributed by atoms with Gasteiger partial charge in [-0.2, -0.15) is 94.1 Å². The number of aliphatic carboxylic acids is 2. The Bertz CT molecular complexity index is 1800. The molecule has 98 heavy (non-hydrogen) atoms. The lowest BCUT2D eigenvalue weighted by molar-refractivity contribution is -0.144. The molecule has 0 aliphatic rings. The Morgan fingerprint density at radius 3 is 0.622 bits per heavy atom. The van der Waals surface area contributed by atoms with Crippen molar-refractivity contribution in [2.45, 2.75) is 291 Å². The van der Waals surface area contributed by atoms with E-state index in [-0.39, 0.29) is 57.3 Å². The highest BCUT2D eigenvalue weighted by molar-refractivity contribution is 8.01. The van der Waals surface area contributed by atoms with Crippen LogP contribution in [0, 0.1) is 43.3 Å². The zero-order chi connectivity index (χ0) is 75.3. The number of carbonyl (C=O) groups is 6. The third-order valence-corrected chi connectivity index (χ3v) is 26.5. The third-order valence-electron chi connectivity index (χ3n) is 17.3. The molecule has 0 radical (unpaired) electrons. The van der Waals surface area contributed by atoms with Gasteiger partial charge in [-0.3, -0.25) is 19.2 Å². The van der Waals surface area contributed by atoms with Crippen LogP contribution in [0.25, 0.3) is 0 Å². The first-order chi connectivity index (χ1) is 45.8. The van der Waals surface area contributed by atoms with Crippen LogP contribution in [0.2, 0.25) is 0 Å². The van der Waals surface area contributed by atoms with Gasteiger partial charge in [-0.15, -0.1) is 0 Å². The molecular weight excluding hydrogens is 1390 g/mol. The monoisotopic (exact) mass is 1540 g/mol. The van der Waals surface area contributed by atoms with E-state index >= 15 is 0 Å². The summed E-state index contributed by atoms with van der Waals surface area (Å²) in [7, 11) is 2.91. The number of hydrogen-bond acceptors (Lipinski definition) is 18. The summed E-state index contributed by atoms with van der Waals surface area (Å²) in [5.74, 6) is 17.6. The van der Waals surface area contributed by atoms with Crippen LogP contribution in [0.1, 0.15) is 291 Å². The van der Waals surface area contributed by atoms with Crippen LogP contribution in [0.4, 0.5) is 0 Å². The maximum atomic E-state index is 11.4. The number of hydrogen-bond donors (Lipinski definition) is 4. The van der Waals surface area contributed by atoms with Gasteiger partial charge >= 0.3 is 23.9 Å². The number of aliphatic hydroxyl groups is 2. The molecule has 0 aromatic rings. The van der Waals surface area contributed by atoms with Crippen molar-refractivity contribution in [2.75, 3.05) is 119 Å². The Hall–Kier alpha value is -0.0600. The highest BCUT2D eigenvalue weighted by Gasteiger charge is 2.26. The summed E-state index contributed by atoms with van der Waals surface area (Å²) < 4.78 is 9.52. The Balaban J connectivity index is -0.000000602. The quantitative estimate of drug-likeness (QED) is 0.0254. The Morgan fingerprint density at radius 1 is 0.276 bits per heavy atom. The predicted molar refractivity (Wildman–Crippen MR) is 444 cm³/mol. The van der Waals surface area contributed by atoms with Gasteiger partial charge in [-0.05, 0) is 277 Å². The second-order valence-corrected chi connectivity index (χ2v) is 42.6. The van der Waals surface area contributed by atoms with Gasteiger partial charge in [0, 0.05) is 26.1 Å². The predicted octanol–water partition coefficient (Wildman–Crippen LogP) is 21.8. The van der Waals surface area contributed by atoms with E-state index in [9.17, 15) is 28.8 Å². The fraction of sp³-hybridized carbons (Fsp3) is 0.923. The van der Waals surface area contributed by atoms with Gasteiger partial charge < -0.3 is 39.5 Å². The second kappa shape index (κ2) is 64.1. The fourth-order valence-corrected chi connectivity index (χ4v) is 18.6. The van der Waals surface area contributed by atoms with Gasteiger partial charge in [0.25, 0.3) is 0 Å². The molecule has 0 aromatic carbocycles. The lowest BCUT2D eigenvalue weighted by Gasteiger charge is -2.23. The van der Waals surface area contributed by atoms with Crippen molar-refractivity contribution < 1.29 is 58.7 Å². The van der Waals surface area contributed by atoms with Gasteiger partial charge in [-0.25, -0.2) is 0 Å². The normalized spacial score (nSPS) is 12.4. The Morgan fingerprint density at radius 2 is 0.449 bits per heavy atom. The number of thioether (sulfide) groups is 8. The summed E-state index contributed by atoms with van der Waals surface area (Å²) in [6.07, 6.45) is 30.0. The summed E-state index contributed by atoms with van der Waals surface area (Å²) in [5, 5.41) is 35.8. The van der Waals surface area contributed by atoms with Crippen LogP contribution in [0.5, 0.6) is 0 Å². The first-order valence-corrected chi connectivity index (χ1v) is 46.3. The maximum absolute atomic E-state index is 11.4. The topological polar surface area (TPSA) is 202 Å². The lowest BCUT2D eigenvalue weighted by Crippen LogP contribution is -2.18. The SMILES string of the molecule is CC(C)(CC=O)CCCSCCCSCCCC(C)(C)CC=O.CC(C)(CCCSCCCSCCCC(C)(C)CC(=O)O)CC(=O)O.CC(C)(CCO)CCCSCCCSCCCC(C)(C)CCO.COC(=O)CC(C)(C)CCCSCCCSCCCC(C)(C)CC(=O)OC. The van der Waals surface area contributed by atoms with E-state index in [4.69, 9.17) is 29.9 Å². The van der Waals surface area contributed by atoms with Gasteiger partial charge in [0.15, 0.2) is 0 Å². The highest BCUT2D eigenvalue weighted by Crippen LogP contribution is 2.34. The van der Waals surface area contributed by atoms with Crippen LogP contribution >= 0.6 is 94.1 Å². The number of aliphatic hydroxyl groups excluding tert-OH is 2. The van der Waals surface area contributed by atoms with Crippen molar-refractivity contribution in [3.8, 4) is 0 Å². The third kappa shape index (κ3) is 80.0. The standard InChI is InChI=1S/C21H40O4S2.C19H36O4S2.C19H40O2S2.C19H36O2S2/c1-20(2,16-18(22)24-5)10-7-12-26-14-9-15-27-13-8-11-21(3,4)17-19(23)25-6;1-18(2,14-16(20)21)8-5-10-24-12-7-13-25-11-6-9-19(3,4)15-17(22)23;2*1-18(2,10-12-20)8-5-14-22-16-7-17-23-15-6-9-19(3,4)11-13-21/h7-17H2,1-6H3;5-15H2,1-4H3,(H,20,21)(H,22,23);20-21H,5-17H2,1-4H3;12-13H,5-11,14-17H2,1-4H3. The van der Waals surface area contributed by atoms with Gasteiger partial charge in [0.2, 0.25) is 0 Å². The number of carboxylic acid groups (broad SMARTS) is 2. The van der Waals surface area contributed by atoms with Crippen LogP contribution in [0.3, 0.4) is 0 Å². The molecule has 0 atom stereocenters. The van der Waals surface area contributed by atoms with E-state index in [0.29, 0.717) is 49.7 Å². The van der Waals surface area contributed by atoms with Crippen molar-refractivity contribution in [1.29, 1.82) is 0 Å². The molecule has 0 aromatic heterocycles. The number of methoxy groups -OCH3 is 2. The van der Waals surface area contributed by atoms with Crippen LogP contribution in [-0.2, 0) is 38.2 Å². The molecule has 0 heterocycles. The number of aldehydes is 2. The smallest absolute Gasteiger partial charge is 0.306 e. The largest absolute Gasteiger partial charge is 0.481 e. The average molecular weight is 1540 g/mol. The highest BCUT2D eigenvalue weighted by atomic mass is 32.2. The zero-order valence-corrected chi connectivity index (χ0v) is 72.5. The van der Waals surface area contributed by atoms with Gasteiger partial charge in [-0.1, -0.05) is 111 Å². The molecule has 0 fully saturated rings. The summed E-state index contributed by atoms with van der Waals surface area (Å²) >= 11 is 16.2. The zero-order valence-electron chi connectivity index (χ0n) is 66.0. The molecule has 0 rings (SSSR count). The minimum atomic E-state index is -0.707. The fourth-order valence-electron chi connectivity index (χ4n) is 10.7. The molecule has 12 nitrogen and oxygen atoms in total. The van der Waals surface area contributed by atoms with E-state index in [1.165, 1.54) is 136 Å². The van der Waals surface area contributed by atoms with Crippen LogP contribution in [0.15, 0.2) is 0 Å². The molecule has 584 valence electrons. The van der Waals surface area contributed by atoms with Crippen molar-refractivity contribution in [3.63, 3.8) is 0 Å². The number of ether oxygens (including phenoxy) is 2. The summed E-state index contributed by atoms with van der Waals surface area (Å²) in [6, 6.07) is 0. The second-order valence-electron chi connectivity index (χ2n) is 32.8. The number of rotatable bonds is 64. The van der Waals surface area contributed by atoms with Gasteiger partial charge in [0.05, 0.1) is 39.9 Å². The maximum Gasteiger partial charge on any atom is 0.306 e. The summed E-state index contributed by atoms with van der Waals surface area (Å²) in [4.78, 5) is 65.4. The van der Waals surface area contributed by atoms with Crippen LogP contribution < -0.4 is 0 Å². The number of carboxylic acids is 2. The Kier molecular flexibility index (Phi) is 68.3. The summed E-state index contributed by atoms with van der Waals surface area (Å²) in [5.41, 5.74) is 0.819. The van der Waals surface area contributed by atoms with Gasteiger partial charge in [0.1, 0.15) is 12.6 Å². The number of esters is 2. The molecule has 20 heteroatoms. The van der Waals surface area contributed by atoms with Crippen molar-refractivity contribution >= 4 is 131 Å². The van der Waals surface area contributed by atoms with E-state index in [1.54, 1.807) is 0 Å². The minimum absolute atomic E-state index is 0.0329. The molecule has 0 unspecified atom stereocenters. The van der Waals surface area contributed by atoms with E-state index in [0.717, 1.165) is 124 Å². The Labute approximate surface area is 637 Å². The van der Waals surface area contributed by atoms with Crippen molar-refractivity contribution in [2.24, 2.45) is 43.3 Å². The van der Waals surface area contributed by atoms with E-state index in [1.807, 2.05) is 98.3 Å². The average Bonchev–Trinajstić information content (AvgIpc) is 1.17.